The number of carbonyl (C=O) groups excluding carboxylic acids is 4. The maximum Gasteiger partial charge on any atom is 0.395 e. The Balaban J connectivity index is 3.45. The predicted octanol–water partition coefficient (Wildman–Crippen LogP) is 1.81. The fraction of sp³-hybridized carbons (Fsp3) is 0.700. The van der Waals surface area contributed by atoms with Crippen molar-refractivity contribution in [2.24, 2.45) is 0 Å². The molecule has 1 N–H and O–H groups in total. The van der Waals surface area contributed by atoms with Crippen LogP contribution in [0.1, 0.15) is 48.0 Å². The molecule has 1 aliphatic rings. The number of amides is 1. The number of rotatable bonds is 12. The third-order valence-electron chi connectivity index (χ3n) is 4.22. The third-order valence-corrected chi connectivity index (χ3v) is 6.24. The van der Waals surface area contributed by atoms with Crippen LogP contribution in [0.4, 0.5) is 0 Å². The Labute approximate surface area is 192 Å². The van der Waals surface area contributed by atoms with Gasteiger partial charge in [0.1, 0.15) is 6.61 Å². The molecule has 4 atom stereocenters. The molecule has 0 aromatic rings. The standard InChI is InChI=1S/C20H32NO11P/c1-7-28-33(26,29-8-2)18-10-9-16(21-12(3)22)19(32-18)20(31-15(6)25)17(30-14(5)24)11-27-13(4)23/h10,16-17,19-20H,7-9,11H2,1-6H3,(H,21,22)/t16-,17-,19?,20-/m1/s1. The molecule has 0 fully saturated rings. The zero-order valence-electron chi connectivity index (χ0n) is 19.7. The fourth-order valence-electron chi connectivity index (χ4n) is 3.17. The van der Waals surface area contributed by atoms with Gasteiger partial charge in [0.2, 0.25) is 11.4 Å². The van der Waals surface area contributed by atoms with E-state index in [2.05, 4.69) is 5.32 Å². The van der Waals surface area contributed by atoms with E-state index in [1.807, 2.05) is 0 Å². The number of nitrogens with one attached hydrogen (secondary N) is 1. The summed E-state index contributed by atoms with van der Waals surface area (Å²) in [4.78, 5) is 46.8. The van der Waals surface area contributed by atoms with Crippen molar-refractivity contribution >= 4 is 31.4 Å². The second kappa shape index (κ2) is 13.3. The number of hydrogen-bond donors (Lipinski definition) is 1. The number of esters is 3. The molecular weight excluding hydrogens is 461 g/mol. The van der Waals surface area contributed by atoms with Gasteiger partial charge < -0.3 is 33.3 Å². The summed E-state index contributed by atoms with van der Waals surface area (Å²) in [7, 11) is -3.86. The molecule has 13 heteroatoms. The SMILES string of the molecule is CCOP(=O)(OCC)C1=CC[C@@H](NC(C)=O)C([C@H](OC(C)=O)[C@@H](COC(C)=O)OC(C)=O)O1. The second-order valence-electron chi connectivity index (χ2n) is 7.03. The van der Waals surface area contributed by atoms with Gasteiger partial charge in [-0.1, -0.05) is 0 Å². The zero-order valence-corrected chi connectivity index (χ0v) is 20.5. The second-order valence-corrected chi connectivity index (χ2v) is 8.98. The van der Waals surface area contributed by atoms with E-state index in [-0.39, 0.29) is 25.1 Å². The Kier molecular flexibility index (Phi) is 11.5. The van der Waals surface area contributed by atoms with Crippen molar-refractivity contribution in [1.82, 2.24) is 5.32 Å². The summed E-state index contributed by atoms with van der Waals surface area (Å²) >= 11 is 0. The summed E-state index contributed by atoms with van der Waals surface area (Å²) in [5.74, 6) is -2.55. The lowest BCUT2D eigenvalue weighted by Crippen LogP contribution is -2.56. The largest absolute Gasteiger partial charge is 0.476 e. The molecule has 1 unspecified atom stereocenters. The maximum atomic E-state index is 13.3. The highest BCUT2D eigenvalue weighted by atomic mass is 31.2. The molecule has 0 spiro atoms. The van der Waals surface area contributed by atoms with Crippen LogP contribution in [-0.2, 0) is 51.7 Å². The molecule has 1 amide bonds. The highest BCUT2D eigenvalue weighted by Gasteiger charge is 2.47. The fourth-order valence-corrected chi connectivity index (χ4v) is 4.75. The molecule has 1 heterocycles. The summed E-state index contributed by atoms with van der Waals surface area (Å²) in [5, 5.41) is 2.68. The van der Waals surface area contributed by atoms with Crippen molar-refractivity contribution in [3.05, 3.63) is 11.6 Å². The van der Waals surface area contributed by atoms with Crippen LogP contribution in [0, 0.1) is 0 Å². The molecule has 0 aliphatic carbocycles. The van der Waals surface area contributed by atoms with Gasteiger partial charge in [0.05, 0.1) is 19.3 Å². The molecule has 33 heavy (non-hydrogen) atoms. The topological polar surface area (TPSA) is 153 Å². The summed E-state index contributed by atoms with van der Waals surface area (Å²) in [5.41, 5.74) is -0.135. The number of hydrogen-bond acceptors (Lipinski definition) is 11. The van der Waals surface area contributed by atoms with Crippen LogP contribution in [0.2, 0.25) is 0 Å². The van der Waals surface area contributed by atoms with Gasteiger partial charge in [-0.2, -0.15) is 0 Å². The Morgan fingerprint density at radius 3 is 2.06 bits per heavy atom. The van der Waals surface area contributed by atoms with E-state index in [0.717, 1.165) is 20.8 Å². The lowest BCUT2D eigenvalue weighted by molar-refractivity contribution is -0.185. The van der Waals surface area contributed by atoms with Gasteiger partial charge in [-0.3, -0.25) is 23.7 Å². The minimum Gasteiger partial charge on any atom is -0.476 e. The van der Waals surface area contributed by atoms with Crippen LogP contribution in [0.25, 0.3) is 0 Å². The molecule has 0 saturated carbocycles. The Hall–Kier alpha value is -2.43. The van der Waals surface area contributed by atoms with Crippen LogP contribution < -0.4 is 5.32 Å². The molecule has 1 rings (SSSR count). The molecule has 0 saturated heterocycles. The van der Waals surface area contributed by atoms with Crippen molar-refractivity contribution < 1.29 is 51.7 Å². The van der Waals surface area contributed by atoms with Crippen molar-refractivity contribution in [3.8, 4) is 0 Å². The Morgan fingerprint density at radius 2 is 1.61 bits per heavy atom. The number of ether oxygens (including phenoxy) is 4. The minimum absolute atomic E-state index is 0.0632. The van der Waals surface area contributed by atoms with E-state index in [0.29, 0.717) is 0 Å². The quantitative estimate of drug-likeness (QED) is 0.241. The first-order valence-corrected chi connectivity index (χ1v) is 12.0. The van der Waals surface area contributed by atoms with Crippen molar-refractivity contribution in [1.29, 1.82) is 0 Å². The van der Waals surface area contributed by atoms with Crippen LogP contribution in [0.15, 0.2) is 11.6 Å². The summed E-state index contributed by atoms with van der Waals surface area (Å²) in [6.07, 6.45) is -2.24. The van der Waals surface area contributed by atoms with Crippen molar-refractivity contribution in [2.45, 2.75) is 72.3 Å². The molecule has 12 nitrogen and oxygen atoms in total. The van der Waals surface area contributed by atoms with Gasteiger partial charge in [0, 0.05) is 27.7 Å². The van der Waals surface area contributed by atoms with E-state index in [1.54, 1.807) is 13.8 Å². The van der Waals surface area contributed by atoms with Gasteiger partial charge in [0.15, 0.2) is 18.3 Å². The van der Waals surface area contributed by atoms with Crippen LogP contribution in [0.3, 0.4) is 0 Å². The highest BCUT2D eigenvalue weighted by molar-refractivity contribution is 7.58. The molecule has 0 radical (unpaired) electrons. The lowest BCUT2D eigenvalue weighted by atomic mass is 9.96. The first-order chi connectivity index (χ1) is 15.4. The Bertz CT molecular complexity index is 787. The first kappa shape index (κ1) is 28.6. The van der Waals surface area contributed by atoms with E-state index in [1.165, 1.54) is 13.0 Å². The van der Waals surface area contributed by atoms with Gasteiger partial charge >= 0.3 is 25.5 Å². The van der Waals surface area contributed by atoms with Crippen molar-refractivity contribution in [3.63, 3.8) is 0 Å². The van der Waals surface area contributed by atoms with Gasteiger partial charge in [-0.25, -0.2) is 0 Å². The highest BCUT2D eigenvalue weighted by Crippen LogP contribution is 2.58. The van der Waals surface area contributed by atoms with E-state index >= 15 is 0 Å². The third kappa shape index (κ3) is 9.15. The Morgan fingerprint density at radius 1 is 1.03 bits per heavy atom. The monoisotopic (exact) mass is 493 g/mol. The summed E-state index contributed by atoms with van der Waals surface area (Å²) in [6, 6.07) is -0.775. The van der Waals surface area contributed by atoms with Gasteiger partial charge in [-0.05, 0) is 26.3 Å². The van der Waals surface area contributed by atoms with Gasteiger partial charge in [-0.15, -0.1) is 0 Å². The molecular formula is C20H32NO11P. The zero-order chi connectivity index (χ0) is 25.2. The average Bonchev–Trinajstić information content (AvgIpc) is 2.69. The molecule has 0 aromatic carbocycles. The lowest BCUT2D eigenvalue weighted by Gasteiger charge is -2.39. The van der Waals surface area contributed by atoms with Gasteiger partial charge in [0.25, 0.3) is 0 Å². The van der Waals surface area contributed by atoms with E-state index < -0.39 is 62.4 Å². The molecule has 0 aromatic heterocycles. The molecule has 188 valence electrons. The number of carbonyl (C=O) groups is 4. The minimum atomic E-state index is -3.86. The maximum absolute atomic E-state index is 13.3. The van der Waals surface area contributed by atoms with Crippen LogP contribution in [0.5, 0.6) is 0 Å². The first-order valence-electron chi connectivity index (χ1n) is 10.4. The van der Waals surface area contributed by atoms with Crippen LogP contribution in [-0.4, -0.2) is 68.0 Å². The predicted molar refractivity (Wildman–Crippen MR) is 114 cm³/mol. The van der Waals surface area contributed by atoms with E-state index in [4.69, 9.17) is 28.0 Å². The smallest absolute Gasteiger partial charge is 0.395 e. The normalized spacial score (nSPS) is 19.9. The summed E-state index contributed by atoms with van der Waals surface area (Å²) in [6.45, 7) is 7.63. The summed E-state index contributed by atoms with van der Waals surface area (Å²) < 4.78 is 45.5. The molecule has 0 bridgehead atoms. The average molecular weight is 493 g/mol. The van der Waals surface area contributed by atoms with Crippen LogP contribution >= 0.6 is 7.60 Å². The molecule has 1 aliphatic heterocycles. The van der Waals surface area contributed by atoms with Crippen molar-refractivity contribution in [2.75, 3.05) is 19.8 Å². The van der Waals surface area contributed by atoms with E-state index in [9.17, 15) is 23.7 Å².